The van der Waals surface area contributed by atoms with E-state index in [9.17, 15) is 8.78 Å². The molecule has 1 aliphatic heterocycles. The van der Waals surface area contributed by atoms with Gasteiger partial charge in [-0.15, -0.1) is 0 Å². The van der Waals surface area contributed by atoms with Crippen molar-refractivity contribution in [2.45, 2.75) is 19.0 Å². The number of ether oxygens (including phenoxy) is 1. The Morgan fingerprint density at radius 1 is 1.44 bits per heavy atom. The van der Waals surface area contributed by atoms with Crippen LogP contribution < -0.4 is 5.73 Å². The summed E-state index contributed by atoms with van der Waals surface area (Å²) in [5, 5.41) is 0. The van der Waals surface area contributed by atoms with Gasteiger partial charge in [-0.25, -0.2) is 8.78 Å². The van der Waals surface area contributed by atoms with Crippen molar-refractivity contribution >= 4 is 0 Å². The van der Waals surface area contributed by atoms with Gasteiger partial charge < -0.3 is 10.5 Å². The van der Waals surface area contributed by atoms with Crippen LogP contribution in [-0.2, 0) is 4.74 Å². The second-order valence-corrected chi connectivity index (χ2v) is 4.05. The fourth-order valence-corrected chi connectivity index (χ4v) is 2.12. The van der Waals surface area contributed by atoms with E-state index in [1.54, 1.807) is 6.07 Å². The maximum Gasteiger partial charge on any atom is 0.263 e. The first-order valence-electron chi connectivity index (χ1n) is 5.42. The lowest BCUT2D eigenvalue weighted by molar-refractivity contribution is 0.0918. The molecule has 4 heteroatoms. The molecule has 1 aliphatic rings. The van der Waals surface area contributed by atoms with Gasteiger partial charge in [0.15, 0.2) is 0 Å². The van der Waals surface area contributed by atoms with E-state index in [4.69, 9.17) is 10.5 Å². The van der Waals surface area contributed by atoms with Crippen LogP contribution in [0.15, 0.2) is 24.3 Å². The zero-order chi connectivity index (χ0) is 11.5. The van der Waals surface area contributed by atoms with E-state index < -0.39 is 6.43 Å². The summed E-state index contributed by atoms with van der Waals surface area (Å²) in [6, 6.07) is 6.42. The van der Waals surface area contributed by atoms with Crippen LogP contribution in [0.25, 0.3) is 0 Å². The average Bonchev–Trinajstić information content (AvgIpc) is 2.77. The van der Waals surface area contributed by atoms with E-state index in [1.807, 2.05) is 6.07 Å². The molecular weight excluding hydrogens is 212 g/mol. The molecule has 2 N–H and O–H groups in total. The van der Waals surface area contributed by atoms with Crippen LogP contribution in [0.5, 0.6) is 0 Å². The minimum absolute atomic E-state index is 0.0452. The van der Waals surface area contributed by atoms with Crippen molar-refractivity contribution in [3.63, 3.8) is 0 Å². The average molecular weight is 227 g/mol. The predicted molar refractivity (Wildman–Crippen MR) is 57.3 cm³/mol. The number of nitrogens with two attached hydrogens (primary N) is 1. The number of alkyl halides is 2. The normalized spacial score (nSPS) is 25.2. The first-order chi connectivity index (χ1) is 7.72. The quantitative estimate of drug-likeness (QED) is 0.861. The van der Waals surface area contributed by atoms with E-state index in [2.05, 4.69) is 0 Å². The van der Waals surface area contributed by atoms with Crippen molar-refractivity contribution < 1.29 is 13.5 Å². The molecule has 0 radical (unpaired) electrons. The summed E-state index contributed by atoms with van der Waals surface area (Å²) in [7, 11) is 0. The van der Waals surface area contributed by atoms with Crippen molar-refractivity contribution in [1.82, 2.24) is 0 Å². The van der Waals surface area contributed by atoms with E-state index >= 15 is 0 Å². The molecule has 0 bridgehead atoms. The van der Waals surface area contributed by atoms with E-state index in [-0.39, 0.29) is 17.6 Å². The molecule has 0 aliphatic carbocycles. The Hall–Kier alpha value is -1.00. The summed E-state index contributed by atoms with van der Waals surface area (Å²) >= 11 is 0. The van der Waals surface area contributed by atoms with Crippen LogP contribution in [0.3, 0.4) is 0 Å². The van der Waals surface area contributed by atoms with E-state index in [0.717, 1.165) is 12.0 Å². The van der Waals surface area contributed by atoms with Gasteiger partial charge in [-0.2, -0.15) is 0 Å². The lowest BCUT2D eigenvalue weighted by atomic mass is 9.94. The predicted octanol–water partition coefficient (Wildman–Crippen LogP) is 2.66. The molecule has 1 fully saturated rings. The standard InChI is InChI=1S/C12H15F2NO/c13-12(14)9-3-1-2-8(6-9)11-10(7-15)4-5-16-11/h1-3,6,10-12H,4-5,7,15H2. The van der Waals surface area contributed by atoms with Gasteiger partial charge in [-0.3, -0.25) is 0 Å². The highest BCUT2D eigenvalue weighted by atomic mass is 19.3. The van der Waals surface area contributed by atoms with Crippen molar-refractivity contribution in [3.8, 4) is 0 Å². The molecule has 0 saturated carbocycles. The van der Waals surface area contributed by atoms with Crippen LogP contribution in [-0.4, -0.2) is 13.2 Å². The number of benzene rings is 1. The highest BCUT2D eigenvalue weighted by Crippen LogP contribution is 2.35. The molecule has 0 spiro atoms. The van der Waals surface area contributed by atoms with Gasteiger partial charge in [0, 0.05) is 18.1 Å². The Kier molecular flexibility index (Phi) is 3.51. The SMILES string of the molecule is NCC1CCOC1c1cccc(C(F)F)c1. The molecule has 2 rings (SSSR count). The molecule has 16 heavy (non-hydrogen) atoms. The maximum absolute atomic E-state index is 12.5. The Morgan fingerprint density at radius 2 is 2.25 bits per heavy atom. The second-order valence-electron chi connectivity index (χ2n) is 4.05. The molecule has 0 amide bonds. The molecule has 2 atom stereocenters. The zero-order valence-corrected chi connectivity index (χ0v) is 8.90. The van der Waals surface area contributed by atoms with Crippen molar-refractivity contribution in [1.29, 1.82) is 0 Å². The maximum atomic E-state index is 12.5. The van der Waals surface area contributed by atoms with Gasteiger partial charge in [0.05, 0.1) is 6.10 Å². The fraction of sp³-hybridized carbons (Fsp3) is 0.500. The Balaban J connectivity index is 2.22. The summed E-state index contributed by atoms with van der Waals surface area (Å²) in [5.74, 6) is 0.243. The third-order valence-electron chi connectivity index (χ3n) is 3.01. The highest BCUT2D eigenvalue weighted by Gasteiger charge is 2.28. The minimum atomic E-state index is -2.43. The number of halogens is 2. The molecule has 0 aromatic heterocycles. The monoisotopic (exact) mass is 227 g/mol. The van der Waals surface area contributed by atoms with Crippen LogP contribution in [0.2, 0.25) is 0 Å². The molecular formula is C12H15F2NO. The summed E-state index contributed by atoms with van der Waals surface area (Å²) in [4.78, 5) is 0. The summed E-state index contributed by atoms with van der Waals surface area (Å²) in [6.07, 6.45) is -1.65. The van der Waals surface area contributed by atoms with Gasteiger partial charge in [-0.05, 0) is 24.6 Å². The van der Waals surface area contributed by atoms with E-state index in [0.29, 0.717) is 13.2 Å². The third kappa shape index (κ3) is 2.23. The minimum Gasteiger partial charge on any atom is -0.373 e. The van der Waals surface area contributed by atoms with Gasteiger partial charge >= 0.3 is 0 Å². The van der Waals surface area contributed by atoms with Crippen molar-refractivity contribution in [2.75, 3.05) is 13.2 Å². The molecule has 1 heterocycles. The number of hydrogen-bond donors (Lipinski definition) is 1. The molecule has 2 unspecified atom stereocenters. The molecule has 88 valence electrons. The molecule has 2 nitrogen and oxygen atoms in total. The zero-order valence-electron chi connectivity index (χ0n) is 8.90. The topological polar surface area (TPSA) is 35.2 Å². The highest BCUT2D eigenvalue weighted by molar-refractivity contribution is 5.27. The van der Waals surface area contributed by atoms with Gasteiger partial charge in [0.1, 0.15) is 0 Å². The molecule has 1 aromatic carbocycles. The fourth-order valence-electron chi connectivity index (χ4n) is 2.12. The van der Waals surface area contributed by atoms with E-state index in [1.165, 1.54) is 12.1 Å². The van der Waals surface area contributed by atoms with Crippen molar-refractivity contribution in [2.24, 2.45) is 11.7 Å². The third-order valence-corrected chi connectivity index (χ3v) is 3.01. The van der Waals surface area contributed by atoms with Crippen LogP contribution in [0, 0.1) is 5.92 Å². The van der Waals surface area contributed by atoms with Crippen molar-refractivity contribution in [3.05, 3.63) is 35.4 Å². The Morgan fingerprint density at radius 3 is 2.94 bits per heavy atom. The smallest absolute Gasteiger partial charge is 0.263 e. The van der Waals surface area contributed by atoms with Gasteiger partial charge in [0.2, 0.25) is 0 Å². The number of rotatable bonds is 3. The summed E-state index contributed by atoms with van der Waals surface area (Å²) in [6.45, 7) is 1.19. The largest absolute Gasteiger partial charge is 0.373 e. The van der Waals surface area contributed by atoms with Crippen LogP contribution in [0.4, 0.5) is 8.78 Å². The first kappa shape index (κ1) is 11.5. The molecule has 1 saturated heterocycles. The van der Waals surface area contributed by atoms with Gasteiger partial charge in [-0.1, -0.05) is 18.2 Å². The molecule has 1 aromatic rings. The first-order valence-corrected chi connectivity index (χ1v) is 5.42. The Labute approximate surface area is 93.4 Å². The van der Waals surface area contributed by atoms with Crippen LogP contribution >= 0.6 is 0 Å². The van der Waals surface area contributed by atoms with Gasteiger partial charge in [0.25, 0.3) is 6.43 Å². The summed E-state index contributed by atoms with van der Waals surface area (Å²) in [5.41, 5.74) is 6.49. The lowest BCUT2D eigenvalue weighted by Crippen LogP contribution is -2.17. The second kappa shape index (κ2) is 4.89. The lowest BCUT2D eigenvalue weighted by Gasteiger charge is -2.17. The number of hydrogen-bond acceptors (Lipinski definition) is 2. The summed E-state index contributed by atoms with van der Waals surface area (Å²) < 4.78 is 30.6. The van der Waals surface area contributed by atoms with Crippen LogP contribution in [0.1, 0.15) is 30.1 Å². The Bertz CT molecular complexity index is 357.